The Bertz CT molecular complexity index is 170. The Labute approximate surface area is 68.3 Å². The fraction of sp³-hybridized carbons (Fsp3) is 0.857. The lowest BCUT2D eigenvalue weighted by molar-refractivity contribution is 0.559. The molecular formula is C7H13F2NS. The summed E-state index contributed by atoms with van der Waals surface area (Å²) in [6.07, 6.45) is 1.26. The second-order valence-corrected chi connectivity index (χ2v) is 5.30. The van der Waals surface area contributed by atoms with Gasteiger partial charge in [-0.05, 0) is 13.3 Å². The second-order valence-electron chi connectivity index (χ2n) is 2.86. The SMILES string of the molecule is CCC(C)(CC#N)S(C)(F)F. The lowest BCUT2D eigenvalue weighted by Crippen LogP contribution is -2.25. The van der Waals surface area contributed by atoms with Crippen molar-refractivity contribution in [2.24, 2.45) is 0 Å². The first kappa shape index (κ1) is 10.7. The van der Waals surface area contributed by atoms with Gasteiger partial charge in [-0.25, -0.2) is 0 Å². The molecule has 0 aromatic carbocycles. The molecule has 0 aromatic rings. The maximum Gasteiger partial charge on any atom is 0.0637 e. The van der Waals surface area contributed by atoms with Crippen LogP contribution < -0.4 is 0 Å². The molecule has 1 atom stereocenters. The number of halogens is 2. The van der Waals surface area contributed by atoms with Crippen molar-refractivity contribution >= 4 is 10.8 Å². The van der Waals surface area contributed by atoms with Gasteiger partial charge in [0.25, 0.3) is 0 Å². The van der Waals surface area contributed by atoms with E-state index in [4.69, 9.17) is 5.26 Å². The van der Waals surface area contributed by atoms with Crippen LogP contribution in [0.15, 0.2) is 0 Å². The van der Waals surface area contributed by atoms with Crippen LogP contribution in [0.3, 0.4) is 0 Å². The van der Waals surface area contributed by atoms with Crippen LogP contribution in [0.5, 0.6) is 0 Å². The van der Waals surface area contributed by atoms with Crippen molar-refractivity contribution in [3.8, 4) is 6.07 Å². The van der Waals surface area contributed by atoms with Gasteiger partial charge in [-0.3, -0.25) is 0 Å². The van der Waals surface area contributed by atoms with E-state index in [9.17, 15) is 7.77 Å². The predicted octanol–water partition coefficient (Wildman–Crippen LogP) is 3.27. The Kier molecular flexibility index (Phi) is 3.30. The van der Waals surface area contributed by atoms with Gasteiger partial charge in [-0.1, -0.05) is 6.92 Å². The zero-order chi connectivity index (χ0) is 9.12. The minimum Gasteiger partial charge on any atom is -0.198 e. The lowest BCUT2D eigenvalue weighted by atomic mass is 10.1. The van der Waals surface area contributed by atoms with Crippen LogP contribution in [0.4, 0.5) is 7.77 Å². The van der Waals surface area contributed by atoms with Gasteiger partial charge in [0.2, 0.25) is 0 Å². The zero-order valence-electron chi connectivity index (χ0n) is 7.03. The van der Waals surface area contributed by atoms with Crippen molar-refractivity contribution in [3.63, 3.8) is 0 Å². The van der Waals surface area contributed by atoms with Crippen LogP contribution in [0.2, 0.25) is 0 Å². The van der Waals surface area contributed by atoms with Crippen molar-refractivity contribution in [2.75, 3.05) is 6.26 Å². The van der Waals surface area contributed by atoms with E-state index in [-0.39, 0.29) is 6.42 Å². The summed E-state index contributed by atoms with van der Waals surface area (Å²) in [5.41, 5.74) is 0. The smallest absolute Gasteiger partial charge is 0.0637 e. The van der Waals surface area contributed by atoms with Crippen LogP contribution in [0, 0.1) is 11.3 Å². The molecule has 1 unspecified atom stereocenters. The van der Waals surface area contributed by atoms with E-state index >= 15 is 0 Å². The van der Waals surface area contributed by atoms with Crippen LogP contribution in [0.25, 0.3) is 0 Å². The molecule has 11 heavy (non-hydrogen) atoms. The average Bonchev–Trinajstić information content (AvgIpc) is 1.86. The average molecular weight is 181 g/mol. The highest BCUT2D eigenvalue weighted by molar-refractivity contribution is 8.25. The number of nitriles is 1. The topological polar surface area (TPSA) is 23.8 Å². The van der Waals surface area contributed by atoms with Gasteiger partial charge in [0.1, 0.15) is 0 Å². The summed E-state index contributed by atoms with van der Waals surface area (Å²) in [6.45, 7) is 3.17. The van der Waals surface area contributed by atoms with Gasteiger partial charge in [0.15, 0.2) is 0 Å². The first-order chi connectivity index (χ1) is 4.87. The van der Waals surface area contributed by atoms with Crippen LogP contribution in [0.1, 0.15) is 26.7 Å². The Balaban J connectivity index is 4.49. The first-order valence-corrected chi connectivity index (χ1v) is 5.25. The zero-order valence-corrected chi connectivity index (χ0v) is 7.84. The number of hydrogen-bond donors (Lipinski definition) is 0. The molecule has 0 heterocycles. The van der Waals surface area contributed by atoms with E-state index in [2.05, 4.69) is 0 Å². The molecule has 0 bridgehead atoms. The van der Waals surface area contributed by atoms with E-state index in [0.717, 1.165) is 6.26 Å². The molecule has 0 fully saturated rings. The molecule has 0 amide bonds. The summed E-state index contributed by atoms with van der Waals surface area (Å²) in [5, 5.41) is 8.33. The Hall–Kier alpha value is -0.300. The van der Waals surface area contributed by atoms with E-state index in [1.54, 1.807) is 13.0 Å². The summed E-state index contributed by atoms with van der Waals surface area (Å²) < 4.78 is 24.7. The van der Waals surface area contributed by atoms with Gasteiger partial charge >= 0.3 is 0 Å². The monoisotopic (exact) mass is 181 g/mol. The molecule has 0 saturated carbocycles. The minimum absolute atomic E-state index is 0.0532. The van der Waals surface area contributed by atoms with Crippen molar-refractivity contribution in [1.29, 1.82) is 5.26 Å². The number of hydrogen-bond acceptors (Lipinski definition) is 1. The molecular weight excluding hydrogens is 168 g/mol. The van der Waals surface area contributed by atoms with E-state index in [1.165, 1.54) is 6.92 Å². The van der Waals surface area contributed by atoms with Crippen LogP contribution in [-0.2, 0) is 0 Å². The van der Waals surface area contributed by atoms with Gasteiger partial charge in [0.05, 0.1) is 28.0 Å². The molecule has 1 nitrogen and oxygen atoms in total. The Morgan fingerprint density at radius 3 is 2.09 bits per heavy atom. The molecule has 0 radical (unpaired) electrons. The Morgan fingerprint density at radius 2 is 2.00 bits per heavy atom. The molecule has 0 aliphatic carbocycles. The summed E-state index contributed by atoms with van der Waals surface area (Å²) in [4.78, 5) is 0. The number of nitrogens with zero attached hydrogens (tertiary/aromatic N) is 1. The van der Waals surface area contributed by atoms with Crippen LogP contribution in [-0.4, -0.2) is 11.0 Å². The molecule has 4 heteroatoms. The van der Waals surface area contributed by atoms with Gasteiger partial charge in [-0.15, -0.1) is 0 Å². The second kappa shape index (κ2) is 3.40. The highest BCUT2D eigenvalue weighted by Gasteiger charge is 2.40. The predicted molar refractivity (Wildman–Crippen MR) is 44.7 cm³/mol. The van der Waals surface area contributed by atoms with Crippen molar-refractivity contribution in [2.45, 2.75) is 31.4 Å². The third-order valence-electron chi connectivity index (χ3n) is 2.07. The highest BCUT2D eigenvalue weighted by Crippen LogP contribution is 2.61. The maximum absolute atomic E-state index is 12.9. The molecule has 0 rings (SSSR count). The van der Waals surface area contributed by atoms with E-state index < -0.39 is 15.5 Å². The largest absolute Gasteiger partial charge is 0.198 e. The molecule has 0 aliphatic rings. The lowest BCUT2D eigenvalue weighted by Gasteiger charge is -2.35. The minimum atomic E-state index is -3.60. The summed E-state index contributed by atoms with van der Waals surface area (Å²) in [5.74, 6) is 0. The van der Waals surface area contributed by atoms with Gasteiger partial charge in [-0.2, -0.15) is 13.0 Å². The number of rotatable bonds is 3. The standard InChI is InChI=1S/C7H13F2NS/c1-4-7(2,5-6-10)11(3,8)9/h4-5H2,1-3H3. The first-order valence-electron chi connectivity index (χ1n) is 3.41. The highest BCUT2D eigenvalue weighted by atomic mass is 32.3. The summed E-state index contributed by atoms with van der Waals surface area (Å²) >= 11 is 0. The Morgan fingerprint density at radius 1 is 1.55 bits per heavy atom. The third kappa shape index (κ3) is 2.33. The van der Waals surface area contributed by atoms with Gasteiger partial charge in [0, 0.05) is 6.26 Å². The normalized spacial score (nSPS) is 18.5. The van der Waals surface area contributed by atoms with Crippen molar-refractivity contribution < 1.29 is 7.77 Å². The van der Waals surface area contributed by atoms with Crippen molar-refractivity contribution in [1.82, 2.24) is 0 Å². The van der Waals surface area contributed by atoms with Gasteiger partial charge < -0.3 is 0 Å². The maximum atomic E-state index is 12.9. The molecule has 0 spiro atoms. The fourth-order valence-electron chi connectivity index (χ4n) is 0.672. The summed E-state index contributed by atoms with van der Waals surface area (Å²) in [6, 6.07) is 1.81. The van der Waals surface area contributed by atoms with E-state index in [1.807, 2.05) is 0 Å². The fourth-order valence-corrected chi connectivity index (χ4v) is 1.50. The molecule has 0 N–H and O–H groups in total. The molecule has 0 saturated heterocycles. The molecule has 0 aromatic heterocycles. The van der Waals surface area contributed by atoms with Crippen molar-refractivity contribution in [3.05, 3.63) is 0 Å². The molecule has 0 aliphatic heterocycles. The summed E-state index contributed by atoms with van der Waals surface area (Å²) in [7, 11) is -3.60. The molecule has 66 valence electrons. The third-order valence-corrected chi connectivity index (χ3v) is 4.23. The van der Waals surface area contributed by atoms with E-state index in [0.29, 0.717) is 6.42 Å². The van der Waals surface area contributed by atoms with Crippen LogP contribution >= 0.6 is 10.8 Å². The quantitative estimate of drug-likeness (QED) is 0.655.